The van der Waals surface area contributed by atoms with Gasteiger partial charge in [-0.2, -0.15) is 5.26 Å². The zero-order chi connectivity index (χ0) is 15.2. The molecule has 112 valence electrons. The quantitative estimate of drug-likeness (QED) is 0.796. The summed E-state index contributed by atoms with van der Waals surface area (Å²) in [5.74, 6) is 0.554. The van der Waals surface area contributed by atoms with Crippen molar-refractivity contribution < 1.29 is 9.53 Å². The lowest BCUT2D eigenvalue weighted by atomic mass is 10.2. The van der Waals surface area contributed by atoms with Crippen molar-refractivity contribution in [1.82, 2.24) is 9.80 Å². The summed E-state index contributed by atoms with van der Waals surface area (Å²) in [5, 5.41) is 9.25. The van der Waals surface area contributed by atoms with E-state index < -0.39 is 6.10 Å². The van der Waals surface area contributed by atoms with Crippen LogP contribution in [0.5, 0.6) is 5.75 Å². The molecule has 5 nitrogen and oxygen atoms in total. The molecule has 6 heteroatoms. The standard InChI is InChI=1S/C15H18ClN3O2/c1-12(21-14-4-2-3-13(16)11-14)15(20)19-9-7-18(6-5-17)8-10-19/h2-4,11-12H,6-10H2,1H3. The summed E-state index contributed by atoms with van der Waals surface area (Å²) in [4.78, 5) is 16.2. The molecule has 1 saturated heterocycles. The highest BCUT2D eigenvalue weighted by atomic mass is 35.5. The van der Waals surface area contributed by atoms with Gasteiger partial charge in [0.05, 0.1) is 12.6 Å². The molecule has 0 saturated carbocycles. The number of rotatable bonds is 4. The minimum atomic E-state index is -0.550. The van der Waals surface area contributed by atoms with E-state index in [1.807, 2.05) is 4.90 Å². The molecule has 1 aliphatic rings. The van der Waals surface area contributed by atoms with Gasteiger partial charge in [-0.25, -0.2) is 0 Å². The number of amides is 1. The highest BCUT2D eigenvalue weighted by Gasteiger charge is 2.25. The fraction of sp³-hybridized carbons (Fsp3) is 0.467. The van der Waals surface area contributed by atoms with Gasteiger partial charge in [0.15, 0.2) is 6.10 Å². The van der Waals surface area contributed by atoms with Crippen molar-refractivity contribution in [2.45, 2.75) is 13.0 Å². The average molecular weight is 308 g/mol. The van der Waals surface area contributed by atoms with Crippen LogP contribution in [0.15, 0.2) is 24.3 Å². The predicted molar refractivity (Wildman–Crippen MR) is 80.2 cm³/mol. The molecule has 1 aromatic carbocycles. The maximum atomic E-state index is 12.3. The van der Waals surface area contributed by atoms with E-state index in [1.54, 1.807) is 36.1 Å². The van der Waals surface area contributed by atoms with Gasteiger partial charge in [0.25, 0.3) is 5.91 Å². The molecule has 0 aliphatic carbocycles. The van der Waals surface area contributed by atoms with Crippen LogP contribution in [0, 0.1) is 11.3 Å². The normalized spacial score (nSPS) is 17.1. The molecule has 0 spiro atoms. The molecule has 0 aromatic heterocycles. The molecule has 1 aromatic rings. The third kappa shape index (κ3) is 4.35. The molecular weight excluding hydrogens is 290 g/mol. The van der Waals surface area contributed by atoms with Gasteiger partial charge in [-0.1, -0.05) is 17.7 Å². The van der Waals surface area contributed by atoms with Crippen molar-refractivity contribution in [2.75, 3.05) is 32.7 Å². The van der Waals surface area contributed by atoms with E-state index in [9.17, 15) is 4.79 Å². The smallest absolute Gasteiger partial charge is 0.263 e. The molecule has 1 amide bonds. The molecular formula is C15H18ClN3O2. The van der Waals surface area contributed by atoms with Crippen molar-refractivity contribution in [1.29, 1.82) is 5.26 Å². The van der Waals surface area contributed by atoms with Crippen molar-refractivity contribution in [3.63, 3.8) is 0 Å². The SMILES string of the molecule is CC(Oc1cccc(Cl)c1)C(=O)N1CCN(CC#N)CC1. The van der Waals surface area contributed by atoms with E-state index in [0.29, 0.717) is 30.4 Å². The van der Waals surface area contributed by atoms with Gasteiger partial charge < -0.3 is 9.64 Å². The number of nitrogens with zero attached hydrogens (tertiary/aromatic N) is 3. The number of hydrogen-bond donors (Lipinski definition) is 0. The topological polar surface area (TPSA) is 56.6 Å². The zero-order valence-electron chi connectivity index (χ0n) is 12.0. The Hall–Kier alpha value is -1.77. The molecule has 1 unspecified atom stereocenters. The van der Waals surface area contributed by atoms with E-state index in [2.05, 4.69) is 6.07 Å². The molecule has 2 rings (SSSR count). The second-order valence-corrected chi connectivity index (χ2v) is 5.41. The number of nitriles is 1. The molecule has 0 N–H and O–H groups in total. The summed E-state index contributed by atoms with van der Waals surface area (Å²) in [7, 11) is 0. The Morgan fingerprint density at radius 2 is 2.14 bits per heavy atom. The zero-order valence-corrected chi connectivity index (χ0v) is 12.7. The minimum Gasteiger partial charge on any atom is -0.481 e. The van der Waals surface area contributed by atoms with Crippen LogP contribution >= 0.6 is 11.6 Å². The number of carbonyl (C=O) groups excluding carboxylic acids is 1. The van der Waals surface area contributed by atoms with Gasteiger partial charge in [-0.3, -0.25) is 9.69 Å². The molecule has 1 aliphatic heterocycles. The maximum absolute atomic E-state index is 12.3. The third-order valence-electron chi connectivity index (χ3n) is 3.43. The largest absolute Gasteiger partial charge is 0.481 e. The molecule has 0 bridgehead atoms. The Morgan fingerprint density at radius 1 is 1.43 bits per heavy atom. The average Bonchev–Trinajstić information content (AvgIpc) is 2.47. The minimum absolute atomic E-state index is 0.0356. The van der Waals surface area contributed by atoms with Gasteiger partial charge in [-0.05, 0) is 25.1 Å². The monoisotopic (exact) mass is 307 g/mol. The van der Waals surface area contributed by atoms with Crippen molar-refractivity contribution in [3.8, 4) is 11.8 Å². The Balaban J connectivity index is 1.87. The second kappa shape index (κ2) is 7.30. The van der Waals surface area contributed by atoms with Crippen LogP contribution in [0.2, 0.25) is 5.02 Å². The third-order valence-corrected chi connectivity index (χ3v) is 3.67. The van der Waals surface area contributed by atoms with E-state index in [-0.39, 0.29) is 5.91 Å². The van der Waals surface area contributed by atoms with Crippen LogP contribution in [0.3, 0.4) is 0 Å². The molecule has 21 heavy (non-hydrogen) atoms. The van der Waals surface area contributed by atoms with Gasteiger partial charge >= 0.3 is 0 Å². The highest BCUT2D eigenvalue weighted by Crippen LogP contribution is 2.19. The molecule has 1 heterocycles. The summed E-state index contributed by atoms with van der Waals surface area (Å²) in [6.07, 6.45) is -0.550. The number of piperazine rings is 1. The first-order valence-electron chi connectivity index (χ1n) is 6.90. The van der Waals surface area contributed by atoms with Gasteiger partial charge in [-0.15, -0.1) is 0 Å². The van der Waals surface area contributed by atoms with Gasteiger partial charge in [0.2, 0.25) is 0 Å². The number of carbonyl (C=O) groups is 1. The van der Waals surface area contributed by atoms with Crippen LogP contribution in [-0.4, -0.2) is 54.5 Å². The summed E-state index contributed by atoms with van der Waals surface area (Å²) < 4.78 is 5.64. The van der Waals surface area contributed by atoms with Crippen molar-refractivity contribution in [2.24, 2.45) is 0 Å². The van der Waals surface area contributed by atoms with Crippen molar-refractivity contribution >= 4 is 17.5 Å². The number of hydrogen-bond acceptors (Lipinski definition) is 4. The van der Waals surface area contributed by atoms with Gasteiger partial charge in [0, 0.05) is 31.2 Å². The Morgan fingerprint density at radius 3 is 2.76 bits per heavy atom. The number of benzene rings is 1. The summed E-state index contributed by atoms with van der Waals surface area (Å²) >= 11 is 5.90. The van der Waals surface area contributed by atoms with E-state index in [1.165, 1.54) is 0 Å². The van der Waals surface area contributed by atoms with E-state index in [0.717, 1.165) is 13.1 Å². The fourth-order valence-corrected chi connectivity index (χ4v) is 2.46. The summed E-state index contributed by atoms with van der Waals surface area (Å²) in [6.45, 7) is 4.86. The lowest BCUT2D eigenvalue weighted by Crippen LogP contribution is -2.51. The summed E-state index contributed by atoms with van der Waals surface area (Å²) in [5.41, 5.74) is 0. The maximum Gasteiger partial charge on any atom is 0.263 e. The molecule has 1 atom stereocenters. The highest BCUT2D eigenvalue weighted by molar-refractivity contribution is 6.30. The number of ether oxygens (including phenoxy) is 1. The predicted octanol–water partition coefficient (Wildman–Crippen LogP) is 1.78. The first kappa shape index (κ1) is 15.6. The lowest BCUT2D eigenvalue weighted by molar-refractivity contribution is -0.139. The van der Waals surface area contributed by atoms with Crippen LogP contribution in [0.4, 0.5) is 0 Å². The van der Waals surface area contributed by atoms with Gasteiger partial charge in [0.1, 0.15) is 5.75 Å². The van der Waals surface area contributed by atoms with Crippen molar-refractivity contribution in [3.05, 3.63) is 29.3 Å². The molecule has 0 radical (unpaired) electrons. The Kier molecular flexibility index (Phi) is 5.43. The van der Waals surface area contributed by atoms with Crippen LogP contribution in [-0.2, 0) is 4.79 Å². The summed E-state index contributed by atoms with van der Waals surface area (Å²) in [6, 6.07) is 9.14. The Labute approximate surface area is 129 Å². The van der Waals surface area contributed by atoms with Crippen LogP contribution < -0.4 is 4.74 Å². The van der Waals surface area contributed by atoms with Crippen LogP contribution in [0.1, 0.15) is 6.92 Å². The van der Waals surface area contributed by atoms with E-state index in [4.69, 9.17) is 21.6 Å². The number of halogens is 1. The first-order valence-corrected chi connectivity index (χ1v) is 7.28. The second-order valence-electron chi connectivity index (χ2n) is 4.98. The lowest BCUT2D eigenvalue weighted by Gasteiger charge is -2.34. The molecule has 1 fully saturated rings. The Bertz CT molecular complexity index is 536. The fourth-order valence-electron chi connectivity index (χ4n) is 2.28. The van der Waals surface area contributed by atoms with Crippen LogP contribution in [0.25, 0.3) is 0 Å². The van der Waals surface area contributed by atoms with E-state index >= 15 is 0 Å². The first-order chi connectivity index (χ1) is 10.1.